The number of carbonyl (C=O) groups excluding carboxylic acids is 3. The number of benzene rings is 4. The van der Waals surface area contributed by atoms with Gasteiger partial charge in [0.25, 0.3) is 11.8 Å². The van der Waals surface area contributed by atoms with Crippen LogP contribution >= 0.6 is 35.0 Å². The van der Waals surface area contributed by atoms with Crippen LogP contribution < -0.4 is 16.0 Å². The van der Waals surface area contributed by atoms with Gasteiger partial charge in [-0.05, 0) is 79.7 Å². The normalized spacial score (nSPS) is 11.8. The zero-order valence-electron chi connectivity index (χ0n) is 23.0. The van der Waals surface area contributed by atoms with Crippen LogP contribution in [0.5, 0.6) is 5.75 Å². The Kier molecular flexibility index (Phi) is 10.7. The fraction of sp³-hybridized carbons (Fsp3) is 0.0625. The number of hydrogen-bond acceptors (Lipinski definition) is 6. The first-order chi connectivity index (χ1) is 21.0. The van der Waals surface area contributed by atoms with Crippen LogP contribution in [0.25, 0.3) is 6.08 Å². The van der Waals surface area contributed by atoms with E-state index in [1.807, 2.05) is 0 Å². The van der Waals surface area contributed by atoms with Gasteiger partial charge in [0.1, 0.15) is 17.0 Å². The topological polar surface area (TPSA) is 145 Å². The maximum atomic E-state index is 13.3. The molecule has 0 spiro atoms. The molecule has 9 nitrogen and oxygen atoms in total. The van der Waals surface area contributed by atoms with Crippen molar-refractivity contribution >= 4 is 76.1 Å². The average molecular weight is 651 g/mol. The number of carboxylic acid groups (broad SMARTS) is 1. The van der Waals surface area contributed by atoms with Crippen molar-refractivity contribution in [1.29, 1.82) is 0 Å². The lowest BCUT2D eigenvalue weighted by molar-refractivity contribution is -0.115. The number of thioether (sulfide) groups is 1. The zero-order chi connectivity index (χ0) is 31.8. The van der Waals surface area contributed by atoms with E-state index in [-0.39, 0.29) is 22.9 Å². The average Bonchev–Trinajstić information content (AvgIpc) is 3.00. The van der Waals surface area contributed by atoms with Crippen molar-refractivity contribution in [3.05, 3.63) is 123 Å². The molecular formula is C32H25Cl2N3O6S. The minimum absolute atomic E-state index is 0.0853. The monoisotopic (exact) mass is 649 g/mol. The summed E-state index contributed by atoms with van der Waals surface area (Å²) < 4.78 is 0. The molecule has 224 valence electrons. The Morgan fingerprint density at radius 2 is 1.45 bits per heavy atom. The van der Waals surface area contributed by atoms with E-state index < -0.39 is 28.8 Å². The minimum atomic E-state index is -1.32. The molecule has 0 aliphatic heterocycles. The van der Waals surface area contributed by atoms with Gasteiger partial charge in [0.2, 0.25) is 5.91 Å². The molecule has 3 amide bonds. The van der Waals surface area contributed by atoms with Crippen LogP contribution in [0.2, 0.25) is 10.0 Å². The summed E-state index contributed by atoms with van der Waals surface area (Å²) in [5.74, 6) is -3.22. The number of halogens is 2. The number of carboxylic acids is 1. The third-order valence-electron chi connectivity index (χ3n) is 6.11. The molecule has 0 saturated heterocycles. The van der Waals surface area contributed by atoms with Gasteiger partial charge in [0.15, 0.2) is 0 Å². The molecule has 0 bridgehead atoms. The molecule has 4 aromatic carbocycles. The van der Waals surface area contributed by atoms with Crippen LogP contribution in [0, 0.1) is 0 Å². The Balaban J connectivity index is 1.45. The molecule has 0 saturated carbocycles. The highest BCUT2D eigenvalue weighted by molar-refractivity contribution is 8.00. The number of nitrogens with one attached hydrogen (secondary N) is 3. The maximum Gasteiger partial charge on any atom is 0.339 e. The molecule has 0 fully saturated rings. The molecular weight excluding hydrogens is 625 g/mol. The molecule has 0 aromatic heterocycles. The van der Waals surface area contributed by atoms with Crippen LogP contribution in [0.15, 0.2) is 102 Å². The Bertz CT molecular complexity index is 1730. The van der Waals surface area contributed by atoms with Gasteiger partial charge >= 0.3 is 5.97 Å². The van der Waals surface area contributed by atoms with Gasteiger partial charge in [-0.3, -0.25) is 14.4 Å². The molecule has 0 aliphatic carbocycles. The Hall–Kier alpha value is -4.77. The third-order valence-corrected chi connectivity index (χ3v) is 7.88. The Morgan fingerprint density at radius 3 is 2.09 bits per heavy atom. The summed E-state index contributed by atoms with van der Waals surface area (Å²) in [6.45, 7) is 1.68. The summed E-state index contributed by atoms with van der Waals surface area (Å²) in [5, 5.41) is 26.9. The standard InChI is InChI=1S/C32H25Cl2N3O6S/c1-18(29(39)36-21-12-15-28(38)24(16-21)32(42)43)44-22-13-10-20(11-14-22)35-31(41)27(17-23-25(33)8-5-9-26(23)34)37-30(40)19-6-3-2-4-7-19/h2-18,38H,1H3,(H,35,41)(H,36,39)(H,37,40)(H,42,43)/b27-17-. The van der Waals surface area contributed by atoms with Crippen molar-refractivity contribution < 1.29 is 29.4 Å². The van der Waals surface area contributed by atoms with Crippen LogP contribution in [0.1, 0.15) is 33.2 Å². The largest absolute Gasteiger partial charge is 0.507 e. The molecule has 0 radical (unpaired) electrons. The highest BCUT2D eigenvalue weighted by atomic mass is 35.5. The molecule has 44 heavy (non-hydrogen) atoms. The second-order valence-electron chi connectivity index (χ2n) is 9.28. The number of rotatable bonds is 10. The van der Waals surface area contributed by atoms with Crippen molar-refractivity contribution in [2.45, 2.75) is 17.1 Å². The molecule has 5 N–H and O–H groups in total. The number of anilines is 2. The van der Waals surface area contributed by atoms with Gasteiger partial charge in [0.05, 0.1) is 5.25 Å². The first kappa shape index (κ1) is 32.2. The van der Waals surface area contributed by atoms with Gasteiger partial charge in [-0.25, -0.2) is 4.79 Å². The highest BCUT2D eigenvalue weighted by Crippen LogP contribution is 2.29. The zero-order valence-corrected chi connectivity index (χ0v) is 25.3. The summed E-state index contributed by atoms with van der Waals surface area (Å²) in [5.41, 5.74) is 0.957. The number of carbonyl (C=O) groups is 4. The van der Waals surface area contributed by atoms with Gasteiger partial charge in [-0.2, -0.15) is 0 Å². The van der Waals surface area contributed by atoms with Gasteiger partial charge in [-0.1, -0.05) is 47.5 Å². The predicted molar refractivity (Wildman–Crippen MR) is 172 cm³/mol. The predicted octanol–water partition coefficient (Wildman–Crippen LogP) is 6.93. The van der Waals surface area contributed by atoms with E-state index in [9.17, 15) is 29.4 Å². The van der Waals surface area contributed by atoms with E-state index in [1.54, 1.807) is 79.7 Å². The molecule has 4 rings (SSSR count). The summed E-state index contributed by atoms with van der Waals surface area (Å²) in [7, 11) is 0. The van der Waals surface area contributed by atoms with Crippen molar-refractivity contribution in [3.8, 4) is 5.75 Å². The summed E-state index contributed by atoms with van der Waals surface area (Å²) in [6, 6.07) is 23.8. The van der Waals surface area contributed by atoms with Crippen LogP contribution in [-0.2, 0) is 9.59 Å². The smallest absolute Gasteiger partial charge is 0.339 e. The quantitative estimate of drug-likeness (QED) is 0.0712. The van der Waals surface area contributed by atoms with E-state index in [4.69, 9.17) is 23.2 Å². The van der Waals surface area contributed by atoms with E-state index in [0.717, 1.165) is 4.90 Å². The lowest BCUT2D eigenvalue weighted by atomic mass is 10.1. The minimum Gasteiger partial charge on any atom is -0.507 e. The number of hydrogen-bond donors (Lipinski definition) is 5. The Labute approximate surface area is 266 Å². The first-order valence-electron chi connectivity index (χ1n) is 13.0. The fourth-order valence-electron chi connectivity index (χ4n) is 3.84. The fourth-order valence-corrected chi connectivity index (χ4v) is 5.21. The van der Waals surface area contributed by atoms with Crippen molar-refractivity contribution in [1.82, 2.24) is 5.32 Å². The summed E-state index contributed by atoms with van der Waals surface area (Å²) in [6.07, 6.45) is 1.40. The SMILES string of the molecule is CC(Sc1ccc(NC(=O)/C(=C/c2c(Cl)cccc2Cl)NC(=O)c2ccccc2)cc1)C(=O)Nc1ccc(O)c(C(=O)O)c1. The second kappa shape index (κ2) is 14.6. The lowest BCUT2D eigenvalue weighted by Crippen LogP contribution is -2.30. The number of aromatic carboxylic acids is 1. The highest BCUT2D eigenvalue weighted by Gasteiger charge is 2.19. The second-order valence-corrected chi connectivity index (χ2v) is 11.5. The van der Waals surface area contributed by atoms with Crippen LogP contribution in [0.3, 0.4) is 0 Å². The molecule has 4 aromatic rings. The van der Waals surface area contributed by atoms with Crippen molar-refractivity contribution in [2.75, 3.05) is 10.6 Å². The molecule has 1 atom stereocenters. The molecule has 1 unspecified atom stereocenters. The van der Waals surface area contributed by atoms with Crippen LogP contribution in [0.4, 0.5) is 11.4 Å². The number of amides is 3. The van der Waals surface area contributed by atoms with Crippen molar-refractivity contribution in [2.24, 2.45) is 0 Å². The first-order valence-corrected chi connectivity index (χ1v) is 14.6. The molecule has 0 aliphatic rings. The van der Waals surface area contributed by atoms with E-state index >= 15 is 0 Å². The summed E-state index contributed by atoms with van der Waals surface area (Å²) >= 11 is 13.9. The van der Waals surface area contributed by atoms with E-state index in [1.165, 1.54) is 36.0 Å². The van der Waals surface area contributed by atoms with Gasteiger partial charge in [-0.15, -0.1) is 11.8 Å². The lowest BCUT2D eigenvalue weighted by Gasteiger charge is -2.14. The van der Waals surface area contributed by atoms with Gasteiger partial charge < -0.3 is 26.2 Å². The van der Waals surface area contributed by atoms with E-state index in [2.05, 4.69) is 16.0 Å². The summed E-state index contributed by atoms with van der Waals surface area (Å²) in [4.78, 5) is 50.9. The molecule has 0 heterocycles. The third kappa shape index (κ3) is 8.41. The van der Waals surface area contributed by atoms with Gasteiger partial charge in [0, 0.05) is 37.4 Å². The van der Waals surface area contributed by atoms with E-state index in [0.29, 0.717) is 26.9 Å². The number of phenols is 1. The maximum absolute atomic E-state index is 13.3. The Morgan fingerprint density at radius 1 is 0.818 bits per heavy atom. The van der Waals surface area contributed by atoms with Crippen LogP contribution in [-0.4, -0.2) is 39.2 Å². The van der Waals surface area contributed by atoms with Crippen molar-refractivity contribution in [3.63, 3.8) is 0 Å². The number of aromatic hydroxyl groups is 1. The molecule has 12 heteroatoms.